The van der Waals surface area contributed by atoms with Crippen molar-refractivity contribution in [3.63, 3.8) is 0 Å². The highest BCUT2D eigenvalue weighted by Crippen LogP contribution is 2.34. The average molecular weight is 250 g/mol. The van der Waals surface area contributed by atoms with Gasteiger partial charge in [0.2, 0.25) is 0 Å². The van der Waals surface area contributed by atoms with Crippen LogP contribution in [0, 0.1) is 10.1 Å². The van der Waals surface area contributed by atoms with E-state index in [-0.39, 0.29) is 5.69 Å². The molecule has 0 radical (unpaired) electrons. The Balaban J connectivity index is 2.23. The van der Waals surface area contributed by atoms with E-state index in [1.54, 1.807) is 18.2 Å². The molecular weight excluding hydrogens is 232 g/mol. The molecule has 0 atom stereocenters. The third-order valence-corrected chi connectivity index (χ3v) is 3.34. The zero-order chi connectivity index (χ0) is 13.0. The summed E-state index contributed by atoms with van der Waals surface area (Å²) in [6, 6.07) is 5.41. The van der Waals surface area contributed by atoms with Crippen LogP contribution in [0.25, 0.3) is 0 Å². The monoisotopic (exact) mass is 250 g/mol. The fraction of sp³-hybridized carbons (Fsp3) is 0.500. The Hall–Kier alpha value is -1.82. The molecule has 6 nitrogen and oxygen atoms in total. The largest absolute Gasteiger partial charge is 0.377 e. The van der Waals surface area contributed by atoms with Crippen molar-refractivity contribution in [2.75, 3.05) is 10.7 Å². The first-order valence-corrected chi connectivity index (χ1v) is 6.23. The predicted octanol–water partition coefficient (Wildman–Crippen LogP) is 2.63. The topological polar surface area (TPSA) is 93.2 Å². The molecule has 0 heterocycles. The summed E-state index contributed by atoms with van der Waals surface area (Å²) in [5.74, 6) is 5.31. The minimum Gasteiger partial charge on any atom is -0.377 e. The first kappa shape index (κ1) is 12.6. The van der Waals surface area contributed by atoms with Crippen molar-refractivity contribution in [2.45, 2.75) is 38.1 Å². The number of nitrogens with one attached hydrogen (secondary N) is 2. The van der Waals surface area contributed by atoms with Crippen LogP contribution in [0.4, 0.5) is 17.1 Å². The number of nitro benzene ring substituents is 1. The third-order valence-electron chi connectivity index (χ3n) is 3.34. The van der Waals surface area contributed by atoms with Gasteiger partial charge in [0, 0.05) is 6.04 Å². The summed E-state index contributed by atoms with van der Waals surface area (Å²) in [7, 11) is 0. The van der Waals surface area contributed by atoms with Crippen LogP contribution in [0.15, 0.2) is 18.2 Å². The molecule has 1 aromatic carbocycles. The maximum Gasteiger partial charge on any atom is 0.316 e. The number of benzene rings is 1. The van der Waals surface area contributed by atoms with E-state index >= 15 is 0 Å². The summed E-state index contributed by atoms with van der Waals surface area (Å²) in [5, 5.41) is 14.4. The van der Waals surface area contributed by atoms with Crippen molar-refractivity contribution in [3.05, 3.63) is 28.3 Å². The van der Waals surface area contributed by atoms with E-state index in [2.05, 4.69) is 10.7 Å². The number of rotatable bonds is 4. The molecule has 1 saturated carbocycles. The molecule has 1 fully saturated rings. The van der Waals surface area contributed by atoms with Crippen LogP contribution in [0.3, 0.4) is 0 Å². The lowest BCUT2D eigenvalue weighted by molar-refractivity contribution is -0.383. The Bertz CT molecular complexity index is 430. The Morgan fingerprint density at radius 1 is 1.22 bits per heavy atom. The SMILES string of the molecule is NNc1cccc(NC2CCCCC2)c1[N+](=O)[O-]. The van der Waals surface area contributed by atoms with Gasteiger partial charge in [0.25, 0.3) is 0 Å². The molecule has 0 bridgehead atoms. The summed E-state index contributed by atoms with van der Waals surface area (Å²) >= 11 is 0. The van der Waals surface area contributed by atoms with Gasteiger partial charge in [0.05, 0.1) is 4.92 Å². The molecule has 0 spiro atoms. The van der Waals surface area contributed by atoms with Gasteiger partial charge in [0.15, 0.2) is 0 Å². The molecule has 18 heavy (non-hydrogen) atoms. The van der Waals surface area contributed by atoms with Gasteiger partial charge in [-0.05, 0) is 25.0 Å². The second-order valence-electron chi connectivity index (χ2n) is 4.58. The standard InChI is InChI=1S/C12H18N4O2/c13-15-11-8-4-7-10(12(11)16(17)18)14-9-5-2-1-3-6-9/h4,7-9,14-15H,1-3,5-6,13H2. The molecule has 6 heteroatoms. The highest BCUT2D eigenvalue weighted by Gasteiger charge is 2.22. The van der Waals surface area contributed by atoms with Crippen molar-refractivity contribution in [2.24, 2.45) is 5.84 Å². The number of nitrogen functional groups attached to an aromatic ring is 1. The predicted molar refractivity (Wildman–Crippen MR) is 71.4 cm³/mol. The van der Waals surface area contributed by atoms with Gasteiger partial charge in [-0.2, -0.15) is 0 Å². The Morgan fingerprint density at radius 2 is 1.89 bits per heavy atom. The molecule has 0 aromatic heterocycles. The number of hydrazine groups is 1. The quantitative estimate of drug-likeness (QED) is 0.434. The third kappa shape index (κ3) is 2.70. The first-order chi connectivity index (χ1) is 8.72. The van der Waals surface area contributed by atoms with Crippen molar-refractivity contribution in [3.8, 4) is 0 Å². The van der Waals surface area contributed by atoms with Crippen molar-refractivity contribution in [1.29, 1.82) is 0 Å². The van der Waals surface area contributed by atoms with Crippen LogP contribution in [0.5, 0.6) is 0 Å². The lowest BCUT2D eigenvalue weighted by atomic mass is 9.95. The fourth-order valence-electron chi connectivity index (χ4n) is 2.44. The molecule has 1 aliphatic carbocycles. The number of para-hydroxylation sites is 1. The second kappa shape index (κ2) is 5.68. The maximum atomic E-state index is 11.1. The zero-order valence-corrected chi connectivity index (χ0v) is 10.2. The normalized spacial score (nSPS) is 16.3. The van der Waals surface area contributed by atoms with Crippen LogP contribution in [-0.4, -0.2) is 11.0 Å². The molecule has 0 aliphatic heterocycles. The van der Waals surface area contributed by atoms with E-state index in [0.29, 0.717) is 17.4 Å². The van der Waals surface area contributed by atoms with E-state index in [9.17, 15) is 10.1 Å². The molecule has 1 aliphatic rings. The Morgan fingerprint density at radius 3 is 2.50 bits per heavy atom. The molecule has 0 saturated heterocycles. The van der Waals surface area contributed by atoms with Gasteiger partial charge in [-0.25, -0.2) is 0 Å². The number of nitro groups is 1. The molecule has 98 valence electrons. The summed E-state index contributed by atoms with van der Waals surface area (Å²) in [6.07, 6.45) is 5.75. The van der Waals surface area contributed by atoms with Crippen molar-refractivity contribution in [1.82, 2.24) is 0 Å². The van der Waals surface area contributed by atoms with Crippen LogP contribution in [-0.2, 0) is 0 Å². The summed E-state index contributed by atoms with van der Waals surface area (Å²) in [6.45, 7) is 0. The van der Waals surface area contributed by atoms with Gasteiger partial charge in [0.1, 0.15) is 11.4 Å². The van der Waals surface area contributed by atoms with Gasteiger partial charge in [-0.1, -0.05) is 25.3 Å². The fourth-order valence-corrected chi connectivity index (χ4v) is 2.44. The van der Waals surface area contributed by atoms with Gasteiger partial charge in [-0.3, -0.25) is 16.0 Å². The smallest absolute Gasteiger partial charge is 0.316 e. The lowest BCUT2D eigenvalue weighted by Crippen LogP contribution is -2.23. The first-order valence-electron chi connectivity index (χ1n) is 6.23. The number of hydrogen-bond acceptors (Lipinski definition) is 5. The zero-order valence-electron chi connectivity index (χ0n) is 10.2. The number of hydrogen-bond donors (Lipinski definition) is 3. The molecule has 2 rings (SSSR count). The number of nitrogens with zero attached hydrogens (tertiary/aromatic N) is 1. The Kier molecular flexibility index (Phi) is 3.99. The molecule has 1 aromatic rings. The highest BCUT2D eigenvalue weighted by atomic mass is 16.6. The summed E-state index contributed by atoms with van der Waals surface area (Å²) in [5.41, 5.74) is 3.27. The average Bonchev–Trinajstić information content (AvgIpc) is 2.39. The number of nitrogens with two attached hydrogens (primary N) is 1. The van der Waals surface area contributed by atoms with E-state index in [0.717, 1.165) is 12.8 Å². The van der Waals surface area contributed by atoms with Crippen LogP contribution < -0.4 is 16.6 Å². The lowest BCUT2D eigenvalue weighted by Gasteiger charge is -2.23. The second-order valence-corrected chi connectivity index (χ2v) is 4.58. The minimum absolute atomic E-state index is 0.0190. The van der Waals surface area contributed by atoms with E-state index in [1.807, 2.05) is 0 Å². The van der Waals surface area contributed by atoms with Crippen molar-refractivity contribution >= 4 is 17.1 Å². The molecular formula is C12H18N4O2. The Labute approximate surface area is 106 Å². The van der Waals surface area contributed by atoms with Crippen LogP contribution >= 0.6 is 0 Å². The number of anilines is 2. The van der Waals surface area contributed by atoms with E-state index < -0.39 is 4.92 Å². The van der Waals surface area contributed by atoms with Crippen LogP contribution in [0.1, 0.15) is 32.1 Å². The minimum atomic E-state index is -0.402. The van der Waals surface area contributed by atoms with E-state index in [4.69, 9.17) is 5.84 Å². The summed E-state index contributed by atoms with van der Waals surface area (Å²) in [4.78, 5) is 10.7. The van der Waals surface area contributed by atoms with Gasteiger partial charge in [-0.15, -0.1) is 0 Å². The van der Waals surface area contributed by atoms with Gasteiger partial charge < -0.3 is 10.7 Å². The summed E-state index contributed by atoms with van der Waals surface area (Å²) < 4.78 is 0. The molecule has 0 amide bonds. The maximum absolute atomic E-state index is 11.1. The van der Waals surface area contributed by atoms with Crippen LogP contribution in [0.2, 0.25) is 0 Å². The highest BCUT2D eigenvalue weighted by molar-refractivity contribution is 5.76. The van der Waals surface area contributed by atoms with E-state index in [1.165, 1.54) is 19.3 Å². The van der Waals surface area contributed by atoms with Gasteiger partial charge >= 0.3 is 5.69 Å². The molecule has 4 N–H and O–H groups in total. The van der Waals surface area contributed by atoms with Crippen molar-refractivity contribution < 1.29 is 4.92 Å². The molecule has 0 unspecified atom stereocenters.